The van der Waals surface area contributed by atoms with Gasteiger partial charge in [-0.3, -0.25) is 16.3 Å². The quantitative estimate of drug-likeness (QED) is 0.452. The minimum atomic E-state index is 0.651. The minimum Gasteiger partial charge on any atom is -0.493 e. The Morgan fingerprint density at radius 3 is 3.12 bits per heavy atom. The molecule has 4 heteroatoms. The summed E-state index contributed by atoms with van der Waals surface area (Å²) in [4.78, 5) is 4.11. The number of hydrogen-bond acceptors (Lipinski definition) is 4. The third-order valence-electron chi connectivity index (χ3n) is 2.37. The molecule has 0 saturated heterocycles. The van der Waals surface area contributed by atoms with Crippen molar-refractivity contribution >= 4 is 10.8 Å². The smallest absolute Gasteiger partial charge is 0.128 e. The van der Waals surface area contributed by atoms with Gasteiger partial charge in [0, 0.05) is 24.3 Å². The number of ether oxygens (including phenoxy) is 1. The molecule has 0 spiro atoms. The van der Waals surface area contributed by atoms with E-state index in [1.165, 1.54) is 0 Å². The number of pyridine rings is 1. The Balaban J connectivity index is 2.11. The zero-order valence-corrected chi connectivity index (χ0v) is 9.02. The predicted octanol–water partition coefficient (Wildman–Crippen LogP) is 1.47. The summed E-state index contributed by atoms with van der Waals surface area (Å²) in [5, 5.41) is 2.19. The van der Waals surface area contributed by atoms with E-state index in [2.05, 4.69) is 10.4 Å². The lowest BCUT2D eigenvalue weighted by molar-refractivity contribution is 0.312. The number of benzene rings is 1. The van der Waals surface area contributed by atoms with Crippen LogP contribution in [0.1, 0.15) is 6.42 Å². The van der Waals surface area contributed by atoms with Gasteiger partial charge in [0.15, 0.2) is 0 Å². The minimum absolute atomic E-state index is 0.651. The second-order valence-corrected chi connectivity index (χ2v) is 3.51. The Morgan fingerprint density at radius 1 is 1.31 bits per heavy atom. The summed E-state index contributed by atoms with van der Waals surface area (Å²) in [7, 11) is 0. The Labute approximate surface area is 94.4 Å². The molecule has 0 fully saturated rings. The maximum Gasteiger partial charge on any atom is 0.128 e. The summed E-state index contributed by atoms with van der Waals surface area (Å²) in [6.45, 7) is 1.40. The summed E-state index contributed by atoms with van der Waals surface area (Å²) in [6.07, 6.45) is 4.49. The zero-order valence-electron chi connectivity index (χ0n) is 9.02. The molecule has 0 aliphatic carbocycles. The van der Waals surface area contributed by atoms with Gasteiger partial charge in [-0.05, 0) is 23.9 Å². The molecule has 0 radical (unpaired) electrons. The summed E-state index contributed by atoms with van der Waals surface area (Å²) in [6, 6.07) is 7.97. The first-order valence-electron chi connectivity index (χ1n) is 5.31. The van der Waals surface area contributed by atoms with Crippen LogP contribution in [0.3, 0.4) is 0 Å². The topological polar surface area (TPSA) is 60.2 Å². The number of nitrogens with zero attached hydrogens (tertiary/aromatic N) is 1. The molecule has 1 heterocycles. The van der Waals surface area contributed by atoms with Crippen molar-refractivity contribution in [2.24, 2.45) is 5.84 Å². The van der Waals surface area contributed by atoms with Crippen molar-refractivity contribution in [3.63, 3.8) is 0 Å². The van der Waals surface area contributed by atoms with Gasteiger partial charge in [-0.2, -0.15) is 0 Å². The number of hydrogen-bond donors (Lipinski definition) is 2. The third-order valence-corrected chi connectivity index (χ3v) is 2.37. The molecule has 3 N–H and O–H groups in total. The standard InChI is InChI=1S/C12H15N3O/c13-15-6-2-8-16-12-4-1-3-10-5-7-14-9-11(10)12/h1,3-5,7,9,15H,2,6,8,13H2. The van der Waals surface area contributed by atoms with Crippen LogP contribution in [0.25, 0.3) is 10.8 Å². The summed E-state index contributed by atoms with van der Waals surface area (Å²) in [5.41, 5.74) is 2.60. The molecule has 4 nitrogen and oxygen atoms in total. The summed E-state index contributed by atoms with van der Waals surface area (Å²) in [5.74, 6) is 6.06. The van der Waals surface area contributed by atoms with Crippen LogP contribution in [0, 0.1) is 0 Å². The van der Waals surface area contributed by atoms with Crippen molar-refractivity contribution in [3.8, 4) is 5.75 Å². The van der Waals surface area contributed by atoms with Gasteiger partial charge < -0.3 is 4.74 Å². The SMILES string of the molecule is NNCCCOc1cccc2ccncc12. The number of nitrogens with one attached hydrogen (secondary N) is 1. The van der Waals surface area contributed by atoms with Gasteiger partial charge in [0.05, 0.1) is 6.61 Å². The molecule has 84 valence electrons. The van der Waals surface area contributed by atoms with Gasteiger partial charge in [-0.25, -0.2) is 0 Å². The summed E-state index contributed by atoms with van der Waals surface area (Å²) < 4.78 is 5.69. The first-order valence-corrected chi connectivity index (χ1v) is 5.31. The average molecular weight is 217 g/mol. The highest BCUT2D eigenvalue weighted by atomic mass is 16.5. The van der Waals surface area contributed by atoms with Gasteiger partial charge in [0.2, 0.25) is 0 Å². The van der Waals surface area contributed by atoms with E-state index < -0.39 is 0 Å². The normalized spacial score (nSPS) is 10.6. The van der Waals surface area contributed by atoms with E-state index in [0.717, 1.165) is 29.5 Å². The average Bonchev–Trinajstić information content (AvgIpc) is 2.35. The van der Waals surface area contributed by atoms with E-state index in [0.29, 0.717) is 6.61 Å². The first-order chi connectivity index (χ1) is 7.92. The molecule has 0 saturated carbocycles. The van der Waals surface area contributed by atoms with Crippen LogP contribution in [0.4, 0.5) is 0 Å². The van der Waals surface area contributed by atoms with E-state index >= 15 is 0 Å². The second kappa shape index (κ2) is 5.44. The van der Waals surface area contributed by atoms with E-state index in [1.54, 1.807) is 6.20 Å². The molecule has 1 aromatic heterocycles. The molecule has 2 aromatic rings. The third kappa shape index (κ3) is 2.48. The summed E-state index contributed by atoms with van der Waals surface area (Å²) >= 11 is 0. The fraction of sp³-hybridized carbons (Fsp3) is 0.250. The largest absolute Gasteiger partial charge is 0.493 e. The number of aromatic nitrogens is 1. The van der Waals surface area contributed by atoms with E-state index in [9.17, 15) is 0 Å². The Hall–Kier alpha value is -1.65. The van der Waals surface area contributed by atoms with Gasteiger partial charge in [-0.15, -0.1) is 0 Å². The van der Waals surface area contributed by atoms with E-state index in [-0.39, 0.29) is 0 Å². The lowest BCUT2D eigenvalue weighted by Gasteiger charge is -2.08. The molecule has 1 aromatic carbocycles. The maximum atomic E-state index is 5.69. The Kier molecular flexibility index (Phi) is 3.69. The lowest BCUT2D eigenvalue weighted by Crippen LogP contribution is -2.24. The van der Waals surface area contributed by atoms with Crippen LogP contribution in [0.15, 0.2) is 36.7 Å². The molecule has 0 amide bonds. The zero-order chi connectivity index (χ0) is 11.2. The van der Waals surface area contributed by atoms with Crippen molar-refractivity contribution in [3.05, 3.63) is 36.7 Å². The van der Waals surface area contributed by atoms with Crippen molar-refractivity contribution < 1.29 is 4.74 Å². The molecule has 16 heavy (non-hydrogen) atoms. The molecule has 0 unspecified atom stereocenters. The van der Waals surface area contributed by atoms with Gasteiger partial charge >= 0.3 is 0 Å². The van der Waals surface area contributed by atoms with Crippen molar-refractivity contribution in [1.29, 1.82) is 0 Å². The molecular formula is C12H15N3O. The highest BCUT2D eigenvalue weighted by molar-refractivity contribution is 5.87. The molecule has 0 atom stereocenters. The second-order valence-electron chi connectivity index (χ2n) is 3.51. The Bertz CT molecular complexity index is 453. The van der Waals surface area contributed by atoms with E-state index in [4.69, 9.17) is 10.6 Å². The van der Waals surface area contributed by atoms with Crippen LogP contribution in [-0.4, -0.2) is 18.1 Å². The fourth-order valence-electron chi connectivity index (χ4n) is 1.57. The van der Waals surface area contributed by atoms with Gasteiger partial charge in [0.1, 0.15) is 5.75 Å². The molecule has 2 rings (SSSR count). The number of hydrazine groups is 1. The molecular weight excluding hydrogens is 202 g/mol. The predicted molar refractivity (Wildman–Crippen MR) is 64.0 cm³/mol. The van der Waals surface area contributed by atoms with Crippen LogP contribution >= 0.6 is 0 Å². The number of nitrogens with two attached hydrogens (primary N) is 1. The number of rotatable bonds is 5. The van der Waals surface area contributed by atoms with E-state index in [1.807, 2.05) is 30.5 Å². The fourth-order valence-corrected chi connectivity index (χ4v) is 1.57. The molecule has 0 aliphatic rings. The van der Waals surface area contributed by atoms with Crippen molar-refractivity contribution in [1.82, 2.24) is 10.4 Å². The monoisotopic (exact) mass is 217 g/mol. The Morgan fingerprint density at radius 2 is 2.25 bits per heavy atom. The van der Waals surface area contributed by atoms with Crippen molar-refractivity contribution in [2.75, 3.05) is 13.2 Å². The van der Waals surface area contributed by atoms with Crippen LogP contribution in [-0.2, 0) is 0 Å². The first kappa shape index (κ1) is 10.9. The van der Waals surface area contributed by atoms with Gasteiger partial charge in [0.25, 0.3) is 0 Å². The van der Waals surface area contributed by atoms with Crippen molar-refractivity contribution in [2.45, 2.75) is 6.42 Å². The highest BCUT2D eigenvalue weighted by Crippen LogP contribution is 2.24. The molecule has 0 bridgehead atoms. The van der Waals surface area contributed by atoms with Crippen LogP contribution < -0.4 is 16.0 Å². The maximum absolute atomic E-state index is 5.69. The molecule has 0 aliphatic heterocycles. The number of fused-ring (bicyclic) bond motifs is 1. The van der Waals surface area contributed by atoms with Crippen LogP contribution in [0.2, 0.25) is 0 Å². The van der Waals surface area contributed by atoms with Crippen LogP contribution in [0.5, 0.6) is 5.75 Å². The lowest BCUT2D eigenvalue weighted by atomic mass is 10.1. The van der Waals surface area contributed by atoms with Gasteiger partial charge in [-0.1, -0.05) is 12.1 Å². The highest BCUT2D eigenvalue weighted by Gasteiger charge is 2.00.